The maximum Gasteiger partial charge on any atom is 0.258 e. The quantitative estimate of drug-likeness (QED) is 0.565. The van der Waals surface area contributed by atoms with Crippen LogP contribution < -0.4 is 10.6 Å². The first kappa shape index (κ1) is 20.0. The van der Waals surface area contributed by atoms with Crippen molar-refractivity contribution in [3.8, 4) is 6.07 Å². The average Bonchev–Trinajstić information content (AvgIpc) is 3.45. The van der Waals surface area contributed by atoms with E-state index in [-0.39, 0.29) is 5.91 Å². The van der Waals surface area contributed by atoms with Crippen LogP contribution in [0.5, 0.6) is 0 Å². The van der Waals surface area contributed by atoms with Gasteiger partial charge in [0.15, 0.2) is 0 Å². The molecule has 0 spiro atoms. The fraction of sp³-hybridized carbons (Fsp3) is 0.185. The summed E-state index contributed by atoms with van der Waals surface area (Å²) in [6, 6.07) is 25.7. The Morgan fingerprint density at radius 2 is 1.75 bits per heavy atom. The van der Waals surface area contributed by atoms with Crippen LogP contribution in [0, 0.1) is 11.3 Å². The molecule has 2 aliphatic rings. The summed E-state index contributed by atoms with van der Waals surface area (Å²) in [5.41, 5.74) is 6.46. The van der Waals surface area contributed by atoms with Crippen molar-refractivity contribution in [2.45, 2.75) is 19.4 Å². The van der Waals surface area contributed by atoms with E-state index < -0.39 is 0 Å². The van der Waals surface area contributed by atoms with Gasteiger partial charge in [0.2, 0.25) is 0 Å². The molecule has 3 aromatic rings. The Morgan fingerprint density at radius 3 is 2.47 bits per heavy atom. The van der Waals surface area contributed by atoms with Crippen molar-refractivity contribution in [2.75, 3.05) is 23.7 Å². The predicted octanol–water partition coefficient (Wildman–Crippen LogP) is 5.09. The molecule has 0 atom stereocenters. The summed E-state index contributed by atoms with van der Waals surface area (Å²) in [5, 5.41) is 15.6. The van der Waals surface area contributed by atoms with Gasteiger partial charge in [-0.25, -0.2) is 0 Å². The highest BCUT2D eigenvalue weighted by Gasteiger charge is 2.28. The molecule has 1 fully saturated rings. The highest BCUT2D eigenvalue weighted by molar-refractivity contribution is 6.37. The number of nitrogens with zero attached hydrogens (tertiary/aromatic N) is 2. The summed E-state index contributed by atoms with van der Waals surface area (Å²) in [5.74, 6) is -0.174. The Balaban J connectivity index is 1.51. The van der Waals surface area contributed by atoms with Crippen LogP contribution in [0.2, 0.25) is 0 Å². The zero-order valence-corrected chi connectivity index (χ0v) is 17.8. The Kier molecular flexibility index (Phi) is 5.45. The van der Waals surface area contributed by atoms with Crippen LogP contribution in [0.25, 0.3) is 11.3 Å². The Morgan fingerprint density at radius 1 is 1.00 bits per heavy atom. The SMILES string of the molecule is N#Cc1ccc2c(c1)NC(=O)C2=C(Nc1ccc(CN2CCCC2)cc1)c1ccccc1. The third-order valence-corrected chi connectivity index (χ3v) is 6.03. The van der Waals surface area contributed by atoms with E-state index in [1.807, 2.05) is 36.4 Å². The number of carbonyl (C=O) groups excluding carboxylic acids is 1. The Hall–Kier alpha value is -3.88. The number of benzene rings is 3. The van der Waals surface area contributed by atoms with Crippen LogP contribution in [0.15, 0.2) is 72.8 Å². The van der Waals surface area contributed by atoms with Gasteiger partial charge in [0.1, 0.15) is 0 Å². The lowest BCUT2D eigenvalue weighted by atomic mass is 9.99. The third kappa shape index (κ3) is 4.01. The van der Waals surface area contributed by atoms with Gasteiger partial charge < -0.3 is 10.6 Å². The van der Waals surface area contributed by atoms with Crippen LogP contribution in [-0.2, 0) is 11.3 Å². The molecule has 1 saturated heterocycles. The number of amides is 1. The van der Waals surface area contributed by atoms with E-state index in [9.17, 15) is 10.1 Å². The highest BCUT2D eigenvalue weighted by atomic mass is 16.2. The number of hydrogen-bond acceptors (Lipinski definition) is 4. The molecule has 5 heteroatoms. The summed E-state index contributed by atoms with van der Waals surface area (Å²) < 4.78 is 0. The molecule has 0 aliphatic carbocycles. The normalized spacial score (nSPS) is 16.9. The molecule has 5 rings (SSSR count). The summed E-state index contributed by atoms with van der Waals surface area (Å²) in [4.78, 5) is 15.5. The first-order valence-electron chi connectivity index (χ1n) is 11.0. The van der Waals surface area contributed by atoms with Gasteiger partial charge in [-0.05, 0) is 61.3 Å². The molecule has 158 valence electrons. The second-order valence-corrected chi connectivity index (χ2v) is 8.25. The summed E-state index contributed by atoms with van der Waals surface area (Å²) in [6.45, 7) is 3.32. The van der Waals surface area contributed by atoms with Crippen molar-refractivity contribution in [2.24, 2.45) is 0 Å². The summed E-state index contributed by atoms with van der Waals surface area (Å²) in [7, 11) is 0. The molecular weight excluding hydrogens is 396 g/mol. The predicted molar refractivity (Wildman–Crippen MR) is 128 cm³/mol. The maximum absolute atomic E-state index is 13.0. The summed E-state index contributed by atoms with van der Waals surface area (Å²) in [6.07, 6.45) is 2.57. The van der Waals surface area contributed by atoms with Crippen LogP contribution in [0.1, 0.15) is 35.1 Å². The number of carbonyl (C=O) groups is 1. The lowest BCUT2D eigenvalue weighted by Gasteiger charge is -2.17. The van der Waals surface area contributed by atoms with E-state index in [0.29, 0.717) is 16.8 Å². The van der Waals surface area contributed by atoms with E-state index in [1.54, 1.807) is 12.1 Å². The number of fused-ring (bicyclic) bond motifs is 1. The standard InChI is InChI=1S/C27H24N4O/c28-17-20-10-13-23-24(16-20)30-27(32)25(23)26(21-6-2-1-3-7-21)29-22-11-8-19(9-12-22)18-31-14-4-5-15-31/h1-3,6-13,16,29H,4-5,14-15,18H2,(H,30,32). The minimum atomic E-state index is -0.174. The Labute approximate surface area is 188 Å². The van der Waals surface area contributed by atoms with E-state index in [0.717, 1.165) is 29.1 Å². The number of anilines is 2. The third-order valence-electron chi connectivity index (χ3n) is 6.03. The zero-order valence-electron chi connectivity index (χ0n) is 17.8. The molecule has 0 unspecified atom stereocenters. The van der Waals surface area contributed by atoms with Crippen LogP contribution >= 0.6 is 0 Å². The number of nitrogens with one attached hydrogen (secondary N) is 2. The van der Waals surface area contributed by atoms with Crippen molar-refractivity contribution in [3.05, 3.63) is 95.1 Å². The minimum Gasteiger partial charge on any atom is -0.354 e. The molecule has 0 radical (unpaired) electrons. The van der Waals surface area contributed by atoms with Gasteiger partial charge >= 0.3 is 0 Å². The smallest absolute Gasteiger partial charge is 0.258 e. The monoisotopic (exact) mass is 420 g/mol. The van der Waals surface area contributed by atoms with Crippen LogP contribution in [-0.4, -0.2) is 23.9 Å². The number of hydrogen-bond donors (Lipinski definition) is 2. The van der Waals surface area contributed by atoms with Crippen molar-refractivity contribution in [1.82, 2.24) is 4.90 Å². The first-order chi connectivity index (χ1) is 15.7. The lowest BCUT2D eigenvalue weighted by Crippen LogP contribution is -2.18. The topological polar surface area (TPSA) is 68.2 Å². The number of rotatable bonds is 5. The van der Waals surface area contributed by atoms with Gasteiger partial charge in [0.25, 0.3) is 5.91 Å². The molecule has 1 amide bonds. The van der Waals surface area contributed by atoms with Gasteiger partial charge in [-0.15, -0.1) is 0 Å². The molecular formula is C27H24N4O. The highest BCUT2D eigenvalue weighted by Crippen LogP contribution is 2.38. The van der Waals surface area contributed by atoms with Crippen LogP contribution in [0.3, 0.4) is 0 Å². The van der Waals surface area contributed by atoms with Crippen molar-refractivity contribution in [3.63, 3.8) is 0 Å². The fourth-order valence-electron chi connectivity index (χ4n) is 4.41. The fourth-order valence-corrected chi connectivity index (χ4v) is 4.41. The molecule has 0 bridgehead atoms. The van der Waals surface area contributed by atoms with Gasteiger partial charge in [0, 0.05) is 17.8 Å². The minimum absolute atomic E-state index is 0.174. The van der Waals surface area contributed by atoms with Gasteiger partial charge in [-0.3, -0.25) is 9.69 Å². The van der Waals surface area contributed by atoms with Gasteiger partial charge in [0.05, 0.1) is 28.6 Å². The van der Waals surface area contributed by atoms with Crippen molar-refractivity contribution >= 4 is 28.6 Å². The molecule has 2 N–H and O–H groups in total. The largest absolute Gasteiger partial charge is 0.354 e. The molecule has 2 heterocycles. The molecule has 0 saturated carbocycles. The lowest BCUT2D eigenvalue weighted by molar-refractivity contribution is -0.110. The number of nitriles is 1. The van der Waals surface area contributed by atoms with E-state index in [2.05, 4.69) is 45.9 Å². The molecule has 32 heavy (non-hydrogen) atoms. The van der Waals surface area contributed by atoms with E-state index >= 15 is 0 Å². The van der Waals surface area contributed by atoms with Crippen LogP contribution in [0.4, 0.5) is 11.4 Å². The first-order valence-corrected chi connectivity index (χ1v) is 11.0. The molecule has 2 aliphatic heterocycles. The average molecular weight is 421 g/mol. The Bertz CT molecular complexity index is 1220. The maximum atomic E-state index is 13.0. The molecule has 5 nitrogen and oxygen atoms in total. The second kappa shape index (κ2) is 8.70. The summed E-state index contributed by atoms with van der Waals surface area (Å²) >= 11 is 0. The van der Waals surface area contributed by atoms with E-state index in [4.69, 9.17) is 0 Å². The second-order valence-electron chi connectivity index (χ2n) is 8.25. The molecule has 0 aromatic heterocycles. The molecule has 3 aromatic carbocycles. The number of likely N-dealkylation sites (tertiary alicyclic amines) is 1. The van der Waals surface area contributed by atoms with Crippen molar-refractivity contribution in [1.29, 1.82) is 5.26 Å². The zero-order chi connectivity index (χ0) is 21.9. The van der Waals surface area contributed by atoms with E-state index in [1.165, 1.54) is 31.5 Å². The van der Waals surface area contributed by atoms with Gasteiger partial charge in [-0.1, -0.05) is 48.5 Å². The van der Waals surface area contributed by atoms with Crippen molar-refractivity contribution < 1.29 is 4.79 Å². The van der Waals surface area contributed by atoms with Gasteiger partial charge in [-0.2, -0.15) is 5.26 Å².